The minimum atomic E-state index is -0.262. The predicted octanol–water partition coefficient (Wildman–Crippen LogP) is 1.52. The molecule has 1 aliphatic heterocycles. The summed E-state index contributed by atoms with van der Waals surface area (Å²) in [5.41, 5.74) is 1.05. The molecule has 0 bridgehead atoms. The fourth-order valence-corrected chi connectivity index (χ4v) is 2.41. The zero-order chi connectivity index (χ0) is 12.4. The van der Waals surface area contributed by atoms with Crippen molar-refractivity contribution in [2.45, 2.75) is 31.7 Å². The molecule has 1 unspecified atom stereocenters. The average Bonchev–Trinajstić information content (AvgIpc) is 2.28. The Bertz CT molecular complexity index is 415. The molecule has 2 rings (SSSR count). The van der Waals surface area contributed by atoms with Crippen LogP contribution in [-0.2, 0) is 9.59 Å². The number of halogens is 1. The van der Waals surface area contributed by atoms with E-state index in [1.165, 1.54) is 0 Å². The lowest BCUT2D eigenvalue weighted by molar-refractivity contribution is -0.136. The predicted molar refractivity (Wildman–Crippen MR) is 65.2 cm³/mol. The molecule has 2 amide bonds. The van der Waals surface area contributed by atoms with Gasteiger partial charge in [0.2, 0.25) is 11.8 Å². The Hall–Kier alpha value is -1.29. The molecule has 0 aromatic heterocycles. The molecule has 4 nitrogen and oxygen atoms in total. The fraction of sp³-hybridized carbons (Fsp3) is 0.500. The van der Waals surface area contributed by atoms with Crippen LogP contribution in [0.15, 0.2) is 22.9 Å². The summed E-state index contributed by atoms with van der Waals surface area (Å²) in [7, 11) is 1.88. The second-order valence-electron chi connectivity index (χ2n) is 4.34. The van der Waals surface area contributed by atoms with Crippen molar-refractivity contribution in [1.82, 2.24) is 10.2 Å². The highest BCUT2D eigenvalue weighted by atomic mass is 35.5. The standard InChI is InChI=1S/C12H15ClN2O2/c1-15(9-4-2-3-8(13)7-9)10-5-6-11(16)14-12(10)17/h3,7,10H,2,4-6H2,1H3,(H,14,16,17). The monoisotopic (exact) mass is 254 g/mol. The number of nitrogens with one attached hydrogen (secondary N) is 1. The van der Waals surface area contributed by atoms with Gasteiger partial charge in [-0.3, -0.25) is 14.9 Å². The van der Waals surface area contributed by atoms with Gasteiger partial charge in [-0.05, 0) is 25.3 Å². The van der Waals surface area contributed by atoms with E-state index in [9.17, 15) is 9.59 Å². The first-order chi connectivity index (χ1) is 8.08. The van der Waals surface area contributed by atoms with Gasteiger partial charge < -0.3 is 4.90 Å². The summed E-state index contributed by atoms with van der Waals surface area (Å²) in [6, 6.07) is -0.262. The Balaban J connectivity index is 2.09. The minimum Gasteiger partial charge on any atom is -0.366 e. The number of rotatable bonds is 2. The molecule has 1 saturated heterocycles. The number of likely N-dealkylation sites (N-methyl/N-ethyl adjacent to an activating group) is 1. The molecule has 1 N–H and O–H groups in total. The van der Waals surface area contributed by atoms with E-state index < -0.39 is 0 Å². The topological polar surface area (TPSA) is 49.4 Å². The van der Waals surface area contributed by atoms with E-state index in [1.807, 2.05) is 24.1 Å². The minimum absolute atomic E-state index is 0.185. The summed E-state index contributed by atoms with van der Waals surface area (Å²) >= 11 is 5.96. The summed E-state index contributed by atoms with van der Waals surface area (Å²) in [5, 5.41) is 3.08. The molecular formula is C12H15ClN2O2. The van der Waals surface area contributed by atoms with E-state index >= 15 is 0 Å². The molecule has 0 spiro atoms. The average molecular weight is 255 g/mol. The van der Waals surface area contributed by atoms with Crippen molar-refractivity contribution >= 4 is 23.4 Å². The van der Waals surface area contributed by atoms with Crippen molar-refractivity contribution in [3.05, 3.63) is 22.9 Å². The first-order valence-corrected chi connectivity index (χ1v) is 6.08. The zero-order valence-corrected chi connectivity index (χ0v) is 10.5. The van der Waals surface area contributed by atoms with Crippen LogP contribution in [0, 0.1) is 0 Å². The molecule has 1 aliphatic carbocycles. The SMILES string of the molecule is CN(C1=CC(Cl)=CCC1)C1CCC(=O)NC1=O. The molecule has 5 heteroatoms. The van der Waals surface area contributed by atoms with Gasteiger partial charge in [0.1, 0.15) is 6.04 Å². The van der Waals surface area contributed by atoms with Crippen molar-refractivity contribution < 1.29 is 9.59 Å². The van der Waals surface area contributed by atoms with Crippen molar-refractivity contribution in [2.24, 2.45) is 0 Å². The number of carbonyl (C=O) groups excluding carboxylic acids is 2. The van der Waals surface area contributed by atoms with Crippen LogP contribution < -0.4 is 5.32 Å². The molecule has 1 fully saturated rings. The smallest absolute Gasteiger partial charge is 0.249 e. The van der Waals surface area contributed by atoms with E-state index in [4.69, 9.17) is 11.6 Å². The van der Waals surface area contributed by atoms with Gasteiger partial charge in [-0.25, -0.2) is 0 Å². The number of carbonyl (C=O) groups is 2. The second kappa shape index (κ2) is 4.92. The van der Waals surface area contributed by atoms with Gasteiger partial charge >= 0.3 is 0 Å². The van der Waals surface area contributed by atoms with Gasteiger partial charge in [-0.2, -0.15) is 0 Å². The number of hydrogen-bond donors (Lipinski definition) is 1. The number of imide groups is 1. The highest BCUT2D eigenvalue weighted by Crippen LogP contribution is 2.25. The Kier molecular flexibility index (Phi) is 3.52. The van der Waals surface area contributed by atoms with Gasteiger partial charge in [-0.1, -0.05) is 17.7 Å². The molecule has 0 aromatic rings. The summed E-state index contributed by atoms with van der Waals surface area (Å²) in [5.74, 6) is -0.398. The number of nitrogens with zero attached hydrogens (tertiary/aromatic N) is 1. The van der Waals surface area contributed by atoms with Crippen molar-refractivity contribution in [3.63, 3.8) is 0 Å². The molecule has 0 aromatic carbocycles. The quantitative estimate of drug-likeness (QED) is 0.761. The highest BCUT2D eigenvalue weighted by molar-refractivity contribution is 6.31. The Morgan fingerprint density at radius 1 is 1.41 bits per heavy atom. The summed E-state index contributed by atoms with van der Waals surface area (Å²) in [6.45, 7) is 0. The van der Waals surface area contributed by atoms with E-state index in [2.05, 4.69) is 5.32 Å². The number of piperidine rings is 1. The Labute approximate surface area is 105 Å². The number of amides is 2. The van der Waals surface area contributed by atoms with Gasteiger partial charge in [0.05, 0.1) is 0 Å². The Morgan fingerprint density at radius 2 is 2.18 bits per heavy atom. The lowest BCUT2D eigenvalue weighted by Crippen LogP contribution is -2.50. The van der Waals surface area contributed by atoms with Gasteiger partial charge in [-0.15, -0.1) is 0 Å². The van der Waals surface area contributed by atoms with Gasteiger partial charge in [0, 0.05) is 24.2 Å². The maximum Gasteiger partial charge on any atom is 0.249 e. The van der Waals surface area contributed by atoms with Crippen LogP contribution in [0.2, 0.25) is 0 Å². The number of allylic oxidation sites excluding steroid dienone is 4. The molecule has 17 heavy (non-hydrogen) atoms. The van der Waals surface area contributed by atoms with Crippen molar-refractivity contribution in [3.8, 4) is 0 Å². The van der Waals surface area contributed by atoms with E-state index in [1.54, 1.807) is 0 Å². The maximum absolute atomic E-state index is 11.7. The molecule has 1 heterocycles. The van der Waals surface area contributed by atoms with Crippen molar-refractivity contribution in [1.29, 1.82) is 0 Å². The summed E-state index contributed by atoms with van der Waals surface area (Å²) < 4.78 is 0. The van der Waals surface area contributed by atoms with Crippen LogP contribution in [0.4, 0.5) is 0 Å². The lowest BCUT2D eigenvalue weighted by Gasteiger charge is -2.33. The maximum atomic E-state index is 11.7. The molecule has 1 atom stereocenters. The number of hydrogen-bond acceptors (Lipinski definition) is 3. The van der Waals surface area contributed by atoms with E-state index in [-0.39, 0.29) is 17.9 Å². The third-order valence-corrected chi connectivity index (χ3v) is 3.44. The fourth-order valence-electron chi connectivity index (χ4n) is 2.18. The molecule has 2 aliphatic rings. The zero-order valence-electron chi connectivity index (χ0n) is 9.70. The van der Waals surface area contributed by atoms with Gasteiger partial charge in [0.25, 0.3) is 0 Å². The van der Waals surface area contributed by atoms with Crippen LogP contribution in [0.3, 0.4) is 0 Å². The first-order valence-electron chi connectivity index (χ1n) is 5.70. The second-order valence-corrected chi connectivity index (χ2v) is 4.78. The lowest BCUT2D eigenvalue weighted by atomic mass is 10.0. The molecule has 92 valence electrons. The van der Waals surface area contributed by atoms with Crippen molar-refractivity contribution in [2.75, 3.05) is 7.05 Å². The van der Waals surface area contributed by atoms with Crippen LogP contribution >= 0.6 is 11.6 Å². The highest BCUT2D eigenvalue weighted by Gasteiger charge is 2.30. The Morgan fingerprint density at radius 3 is 2.82 bits per heavy atom. The first kappa shape index (κ1) is 12.2. The van der Waals surface area contributed by atoms with E-state index in [0.717, 1.165) is 18.5 Å². The third-order valence-electron chi connectivity index (χ3n) is 3.17. The van der Waals surface area contributed by atoms with Crippen LogP contribution in [0.5, 0.6) is 0 Å². The van der Waals surface area contributed by atoms with Crippen LogP contribution in [-0.4, -0.2) is 29.8 Å². The van der Waals surface area contributed by atoms with Crippen LogP contribution in [0.25, 0.3) is 0 Å². The largest absolute Gasteiger partial charge is 0.366 e. The summed E-state index contributed by atoms with van der Waals surface area (Å²) in [6.07, 6.45) is 6.59. The molecular weight excluding hydrogens is 240 g/mol. The molecule has 0 radical (unpaired) electrons. The van der Waals surface area contributed by atoms with Gasteiger partial charge in [0.15, 0.2) is 0 Å². The third kappa shape index (κ3) is 2.69. The normalized spacial score (nSPS) is 24.9. The van der Waals surface area contributed by atoms with E-state index in [0.29, 0.717) is 17.9 Å². The van der Waals surface area contributed by atoms with Crippen LogP contribution in [0.1, 0.15) is 25.7 Å². The molecule has 0 saturated carbocycles. The summed E-state index contributed by atoms with van der Waals surface area (Å²) in [4.78, 5) is 24.7.